The van der Waals surface area contributed by atoms with Crippen molar-refractivity contribution in [3.63, 3.8) is 0 Å². The van der Waals surface area contributed by atoms with Crippen molar-refractivity contribution in [2.45, 2.75) is 56.8 Å². The van der Waals surface area contributed by atoms with E-state index in [1.165, 1.54) is 82.2 Å². The first-order valence-electron chi connectivity index (χ1n) is 20.4. The Balaban J connectivity index is 1.02. The van der Waals surface area contributed by atoms with Crippen LogP contribution in [0, 0.1) is 23.7 Å². The summed E-state index contributed by atoms with van der Waals surface area (Å²) in [6.45, 7) is 4.69. The van der Waals surface area contributed by atoms with Crippen molar-refractivity contribution < 1.29 is 0 Å². The second-order valence-corrected chi connectivity index (χ2v) is 17.6. The summed E-state index contributed by atoms with van der Waals surface area (Å²) in [4.78, 5) is 15.8. The van der Waals surface area contributed by atoms with Crippen LogP contribution in [0.3, 0.4) is 0 Å². The van der Waals surface area contributed by atoms with Crippen LogP contribution in [-0.4, -0.2) is 15.0 Å². The lowest BCUT2D eigenvalue weighted by atomic mass is 9.43. The highest BCUT2D eigenvalue weighted by Gasteiger charge is 2.61. The van der Waals surface area contributed by atoms with E-state index in [2.05, 4.69) is 153 Å². The van der Waals surface area contributed by atoms with Crippen LogP contribution in [0.4, 0.5) is 0 Å². The smallest absolute Gasteiger partial charge is 0.164 e. The van der Waals surface area contributed by atoms with Gasteiger partial charge in [0.1, 0.15) is 0 Å². The van der Waals surface area contributed by atoms with Gasteiger partial charge in [-0.15, -0.1) is 0 Å². The Hall–Kier alpha value is -5.67. The molecule has 4 bridgehead atoms. The van der Waals surface area contributed by atoms with Crippen LogP contribution in [0.25, 0.3) is 67.5 Å². The summed E-state index contributed by atoms with van der Waals surface area (Å²) in [6.07, 6.45) is 6.91. The molecule has 0 atom stereocenters. The van der Waals surface area contributed by atoms with Gasteiger partial charge in [-0.3, -0.25) is 0 Å². The molecule has 1 spiro atoms. The number of aromatic nitrogens is 3. The molecule has 0 radical (unpaired) electrons. The fourth-order valence-corrected chi connectivity index (χ4v) is 12.5. The van der Waals surface area contributed by atoms with Gasteiger partial charge in [-0.2, -0.15) is 0 Å². The van der Waals surface area contributed by atoms with Gasteiger partial charge in [0, 0.05) is 27.5 Å². The van der Waals surface area contributed by atoms with Crippen molar-refractivity contribution in [3.8, 4) is 67.5 Å². The first kappa shape index (κ1) is 31.7. The van der Waals surface area contributed by atoms with Gasteiger partial charge in [0.2, 0.25) is 0 Å². The van der Waals surface area contributed by atoms with Gasteiger partial charge in [-0.05, 0) is 124 Å². The Kier molecular flexibility index (Phi) is 6.58. The van der Waals surface area contributed by atoms with Gasteiger partial charge >= 0.3 is 0 Å². The molecule has 4 saturated carbocycles. The third-order valence-corrected chi connectivity index (χ3v) is 14.5. The summed E-state index contributed by atoms with van der Waals surface area (Å²) in [5, 5.41) is 0. The van der Waals surface area contributed by atoms with Crippen LogP contribution in [-0.2, 0) is 10.8 Å². The van der Waals surface area contributed by atoms with Gasteiger partial charge in [-0.1, -0.05) is 141 Å². The lowest BCUT2D eigenvalue weighted by Crippen LogP contribution is -2.55. The molecule has 1 heterocycles. The molecule has 3 heteroatoms. The Labute approximate surface area is 323 Å². The maximum absolute atomic E-state index is 5.34. The van der Waals surface area contributed by atoms with Crippen LogP contribution < -0.4 is 0 Å². The molecule has 0 aliphatic heterocycles. The topological polar surface area (TPSA) is 38.7 Å². The molecule has 13 rings (SSSR count). The lowest BCUT2D eigenvalue weighted by Gasteiger charge is -2.61. The molecular formula is C52H43N3. The highest BCUT2D eigenvalue weighted by Crippen LogP contribution is 2.69. The monoisotopic (exact) mass is 709 g/mol. The number of nitrogens with zero attached hydrogens (tertiary/aromatic N) is 3. The van der Waals surface area contributed by atoms with Crippen LogP contribution in [0.1, 0.15) is 68.2 Å². The summed E-state index contributed by atoms with van der Waals surface area (Å²) in [5.41, 5.74) is 16.9. The molecule has 3 nitrogen and oxygen atoms in total. The SMILES string of the molecule is CC1(C)c2ccccc2-c2c(-c3cccc(-c4nc(-c5ccccc5)nc(-c5ccc6c(c5)C5(c7ccccc7-6)C6CC7CC(C6)CC5C7)n4)c3)cccc21. The van der Waals surface area contributed by atoms with Gasteiger partial charge < -0.3 is 0 Å². The van der Waals surface area contributed by atoms with E-state index in [0.717, 1.165) is 34.4 Å². The highest BCUT2D eigenvalue weighted by molar-refractivity contribution is 5.93. The molecule has 0 saturated heterocycles. The fraction of sp³-hybridized carbons (Fsp3) is 0.250. The molecule has 0 unspecified atom stereocenters. The molecule has 6 aromatic carbocycles. The minimum atomic E-state index is -0.0558. The maximum Gasteiger partial charge on any atom is 0.164 e. The lowest BCUT2D eigenvalue weighted by molar-refractivity contribution is -0.0399. The molecule has 55 heavy (non-hydrogen) atoms. The van der Waals surface area contributed by atoms with Crippen LogP contribution in [0.2, 0.25) is 0 Å². The van der Waals surface area contributed by atoms with Crippen molar-refractivity contribution in [1.29, 1.82) is 0 Å². The number of rotatable bonds is 4. The van der Waals surface area contributed by atoms with Crippen molar-refractivity contribution in [2.24, 2.45) is 23.7 Å². The number of benzene rings is 6. The first-order chi connectivity index (χ1) is 27.0. The van der Waals surface area contributed by atoms with Crippen LogP contribution >= 0.6 is 0 Å². The average Bonchev–Trinajstić information content (AvgIpc) is 3.65. The van der Waals surface area contributed by atoms with E-state index in [4.69, 9.17) is 15.0 Å². The van der Waals surface area contributed by atoms with E-state index in [-0.39, 0.29) is 10.8 Å². The summed E-state index contributed by atoms with van der Waals surface area (Å²) in [7, 11) is 0. The minimum Gasteiger partial charge on any atom is -0.208 e. The molecule has 6 aliphatic rings. The second-order valence-electron chi connectivity index (χ2n) is 17.6. The Bertz CT molecular complexity index is 2680. The molecular weight excluding hydrogens is 667 g/mol. The molecule has 4 fully saturated rings. The maximum atomic E-state index is 5.34. The quantitative estimate of drug-likeness (QED) is 0.183. The predicted molar refractivity (Wildman–Crippen MR) is 222 cm³/mol. The predicted octanol–water partition coefficient (Wildman–Crippen LogP) is 12.6. The summed E-state index contributed by atoms with van der Waals surface area (Å²) >= 11 is 0. The van der Waals surface area contributed by atoms with E-state index in [0.29, 0.717) is 23.5 Å². The highest BCUT2D eigenvalue weighted by atomic mass is 15.0. The first-order valence-corrected chi connectivity index (χ1v) is 20.4. The zero-order chi connectivity index (χ0) is 36.5. The summed E-state index contributed by atoms with van der Waals surface area (Å²) in [6, 6.07) is 51.4. The minimum absolute atomic E-state index is 0.0558. The van der Waals surface area contributed by atoms with E-state index in [9.17, 15) is 0 Å². The zero-order valence-electron chi connectivity index (χ0n) is 31.5. The van der Waals surface area contributed by atoms with Crippen molar-refractivity contribution in [1.82, 2.24) is 15.0 Å². The van der Waals surface area contributed by atoms with Gasteiger partial charge in [0.05, 0.1) is 0 Å². The van der Waals surface area contributed by atoms with Crippen LogP contribution in [0.5, 0.6) is 0 Å². The van der Waals surface area contributed by atoms with Gasteiger partial charge in [0.15, 0.2) is 17.5 Å². The zero-order valence-corrected chi connectivity index (χ0v) is 31.5. The van der Waals surface area contributed by atoms with Crippen molar-refractivity contribution in [2.75, 3.05) is 0 Å². The standard InChI is InChI=1S/C52H43N3/c1-51(2)43-19-8-7-17-42(43)47-39(18-11-21-45(47)51)34-14-10-15-35(29-34)49-53-48(33-12-4-3-5-13-33)54-50(55-49)36-22-23-41-40-16-6-9-20-44(40)52(46(41)30-36)37-25-31-24-32(27-37)28-38(52)26-31/h3-23,29-32,37-38H,24-28H2,1-2H3. The molecule has 266 valence electrons. The molecule has 6 aliphatic carbocycles. The van der Waals surface area contributed by atoms with Crippen molar-refractivity contribution in [3.05, 3.63) is 162 Å². The third kappa shape index (κ3) is 4.41. The Morgan fingerprint density at radius 2 is 0.927 bits per heavy atom. The Morgan fingerprint density at radius 1 is 0.400 bits per heavy atom. The van der Waals surface area contributed by atoms with Crippen molar-refractivity contribution >= 4 is 0 Å². The van der Waals surface area contributed by atoms with Crippen LogP contribution in [0.15, 0.2) is 140 Å². The van der Waals surface area contributed by atoms with Gasteiger partial charge in [-0.25, -0.2) is 15.0 Å². The number of fused-ring (bicyclic) bond motifs is 6. The summed E-state index contributed by atoms with van der Waals surface area (Å²) in [5.74, 6) is 5.36. The van der Waals surface area contributed by atoms with Gasteiger partial charge in [0.25, 0.3) is 0 Å². The number of hydrogen-bond donors (Lipinski definition) is 0. The molecule has 0 amide bonds. The fourth-order valence-electron chi connectivity index (χ4n) is 12.5. The average molecular weight is 710 g/mol. The number of hydrogen-bond acceptors (Lipinski definition) is 3. The molecule has 0 N–H and O–H groups in total. The summed E-state index contributed by atoms with van der Waals surface area (Å²) < 4.78 is 0. The second kappa shape index (κ2) is 11.4. The molecule has 7 aromatic rings. The van der Waals surface area contributed by atoms with E-state index in [1.807, 2.05) is 0 Å². The van der Waals surface area contributed by atoms with E-state index < -0.39 is 0 Å². The van der Waals surface area contributed by atoms with E-state index >= 15 is 0 Å². The largest absolute Gasteiger partial charge is 0.208 e. The molecule has 1 aromatic heterocycles. The van der Waals surface area contributed by atoms with E-state index in [1.54, 1.807) is 5.56 Å². The Morgan fingerprint density at radius 3 is 1.67 bits per heavy atom. The third-order valence-electron chi connectivity index (χ3n) is 14.5. The normalized spacial score (nSPS) is 24.4.